The van der Waals surface area contributed by atoms with E-state index in [-0.39, 0.29) is 0 Å². The third-order valence-corrected chi connectivity index (χ3v) is 6.24. The first-order chi connectivity index (χ1) is 14.1. The summed E-state index contributed by atoms with van der Waals surface area (Å²) in [4.78, 5) is 4.76. The number of nitrogens with zero attached hydrogens (tertiary/aromatic N) is 2. The highest BCUT2D eigenvalue weighted by Crippen LogP contribution is 2.30. The van der Waals surface area contributed by atoms with Crippen LogP contribution in [0.3, 0.4) is 0 Å². The standard InChI is InChI=1S/C22H21ClN4OS/c1-15-10-17(23)5-8-21(15)26-18-6-7-20-16(12-24-2)14-27(22(20)11-18)29(28)19-4-3-9-25-13-19/h3-11,13-14,24,26H,12H2,1-2H3. The van der Waals surface area contributed by atoms with E-state index in [1.807, 2.05) is 56.6 Å². The fourth-order valence-electron chi connectivity index (χ4n) is 3.30. The van der Waals surface area contributed by atoms with Crippen molar-refractivity contribution < 1.29 is 4.55 Å². The quantitative estimate of drug-likeness (QED) is 0.426. The maximum atomic E-state index is 13.2. The van der Waals surface area contributed by atoms with Crippen LogP contribution in [-0.4, -0.2) is 20.6 Å². The van der Waals surface area contributed by atoms with Crippen molar-refractivity contribution in [2.24, 2.45) is 0 Å². The minimum absolute atomic E-state index is 0.660. The first kappa shape index (κ1) is 19.8. The summed E-state index contributed by atoms with van der Waals surface area (Å²) in [5, 5.41) is 8.40. The number of pyridine rings is 1. The van der Waals surface area contributed by atoms with Crippen LogP contribution in [0.1, 0.15) is 11.1 Å². The van der Waals surface area contributed by atoms with Crippen LogP contribution in [-0.2, 0) is 17.9 Å². The Morgan fingerprint density at radius 2 is 2.03 bits per heavy atom. The van der Waals surface area contributed by atoms with Crippen molar-refractivity contribution in [3.05, 3.63) is 83.3 Å². The van der Waals surface area contributed by atoms with E-state index < -0.39 is 11.4 Å². The van der Waals surface area contributed by atoms with Crippen molar-refractivity contribution in [1.82, 2.24) is 14.3 Å². The summed E-state index contributed by atoms with van der Waals surface area (Å²) in [5.41, 5.74) is 4.95. The Hall–Kier alpha value is -2.51. The van der Waals surface area contributed by atoms with Crippen molar-refractivity contribution in [2.75, 3.05) is 12.4 Å². The molecule has 4 rings (SSSR count). The van der Waals surface area contributed by atoms with Crippen LogP contribution in [0.2, 0.25) is 5.02 Å². The van der Waals surface area contributed by atoms with Crippen LogP contribution in [0.4, 0.5) is 11.4 Å². The number of fused-ring (bicyclic) bond motifs is 1. The highest BCUT2D eigenvalue weighted by molar-refractivity contribution is 7.90. The largest absolute Gasteiger partial charge is 0.587 e. The van der Waals surface area contributed by atoms with Crippen LogP contribution < -0.4 is 10.6 Å². The van der Waals surface area contributed by atoms with E-state index >= 15 is 0 Å². The van der Waals surface area contributed by atoms with Gasteiger partial charge in [0.05, 0.1) is 12.4 Å². The fourth-order valence-corrected chi connectivity index (χ4v) is 4.65. The molecule has 2 aromatic carbocycles. The molecule has 2 aromatic heterocycles. The lowest BCUT2D eigenvalue weighted by Gasteiger charge is -2.13. The highest BCUT2D eigenvalue weighted by atomic mass is 35.5. The second kappa shape index (κ2) is 8.47. The molecule has 1 unspecified atom stereocenters. The zero-order valence-electron chi connectivity index (χ0n) is 16.1. The van der Waals surface area contributed by atoms with Gasteiger partial charge in [0.25, 0.3) is 0 Å². The average Bonchev–Trinajstić information content (AvgIpc) is 3.08. The maximum Gasteiger partial charge on any atom is 0.198 e. The molecule has 29 heavy (non-hydrogen) atoms. The number of hydrogen-bond acceptors (Lipinski definition) is 4. The number of anilines is 2. The lowest BCUT2D eigenvalue weighted by Crippen LogP contribution is -2.12. The van der Waals surface area contributed by atoms with Gasteiger partial charge >= 0.3 is 0 Å². The molecule has 0 aliphatic carbocycles. The molecule has 0 fully saturated rings. The molecule has 2 N–H and O–H groups in total. The minimum Gasteiger partial charge on any atom is -0.587 e. The van der Waals surface area contributed by atoms with Crippen molar-refractivity contribution in [3.8, 4) is 0 Å². The van der Waals surface area contributed by atoms with E-state index in [1.165, 1.54) is 0 Å². The van der Waals surface area contributed by atoms with Gasteiger partial charge in [0.2, 0.25) is 0 Å². The third kappa shape index (κ3) is 4.11. The number of aromatic nitrogens is 2. The Labute approximate surface area is 178 Å². The second-order valence-corrected chi connectivity index (χ2v) is 8.56. The Balaban J connectivity index is 1.77. The highest BCUT2D eigenvalue weighted by Gasteiger charge is 2.20. The van der Waals surface area contributed by atoms with Gasteiger partial charge in [-0.2, -0.15) is 3.97 Å². The third-order valence-electron chi connectivity index (χ3n) is 4.70. The fraction of sp³-hybridized carbons (Fsp3) is 0.136. The van der Waals surface area contributed by atoms with E-state index in [0.29, 0.717) is 16.5 Å². The van der Waals surface area contributed by atoms with Gasteiger partial charge in [-0.1, -0.05) is 17.7 Å². The second-order valence-electron chi connectivity index (χ2n) is 6.76. The monoisotopic (exact) mass is 424 g/mol. The van der Waals surface area contributed by atoms with E-state index in [1.54, 1.807) is 22.4 Å². The number of hydrogen-bond donors (Lipinski definition) is 2. The van der Waals surface area contributed by atoms with Gasteiger partial charge in [0.15, 0.2) is 4.90 Å². The molecule has 0 saturated heterocycles. The average molecular weight is 425 g/mol. The van der Waals surface area contributed by atoms with Crippen molar-refractivity contribution in [2.45, 2.75) is 18.4 Å². The molecule has 0 amide bonds. The lowest BCUT2D eigenvalue weighted by atomic mass is 10.1. The summed E-state index contributed by atoms with van der Waals surface area (Å²) in [6.45, 7) is 2.70. The molecule has 2 heterocycles. The normalized spacial score (nSPS) is 12.3. The first-order valence-electron chi connectivity index (χ1n) is 9.21. The Bertz CT molecular complexity index is 1150. The SMILES string of the molecule is CNCc1cn([S+]([O-])c2cccnc2)c2cc(Nc3ccc(Cl)cc3C)ccc12. The molecule has 5 nitrogen and oxygen atoms in total. The van der Waals surface area contributed by atoms with Gasteiger partial charge in [0.1, 0.15) is 16.9 Å². The van der Waals surface area contributed by atoms with Crippen LogP contribution in [0, 0.1) is 6.92 Å². The molecule has 0 radical (unpaired) electrons. The smallest absolute Gasteiger partial charge is 0.198 e. The topological polar surface area (TPSA) is 64.9 Å². The molecule has 0 saturated carbocycles. The predicted octanol–water partition coefficient (Wildman–Crippen LogP) is 5.03. The molecule has 7 heteroatoms. The molecule has 0 spiro atoms. The Morgan fingerprint density at radius 1 is 1.17 bits per heavy atom. The van der Waals surface area contributed by atoms with Gasteiger partial charge in [-0.05, 0) is 67.6 Å². The molecule has 1 atom stereocenters. The van der Waals surface area contributed by atoms with Crippen LogP contribution >= 0.6 is 11.6 Å². The molecule has 0 aliphatic heterocycles. The van der Waals surface area contributed by atoms with E-state index in [2.05, 4.69) is 21.7 Å². The number of benzene rings is 2. The van der Waals surface area contributed by atoms with Crippen molar-refractivity contribution in [3.63, 3.8) is 0 Å². The number of rotatable bonds is 6. The maximum absolute atomic E-state index is 13.2. The van der Waals surface area contributed by atoms with E-state index in [0.717, 1.165) is 33.4 Å². The molecular weight excluding hydrogens is 404 g/mol. The van der Waals surface area contributed by atoms with Crippen LogP contribution in [0.5, 0.6) is 0 Å². The Kier molecular flexibility index (Phi) is 5.78. The summed E-state index contributed by atoms with van der Waals surface area (Å²) in [6.07, 6.45) is 5.26. The first-order valence-corrected chi connectivity index (χ1v) is 10.7. The van der Waals surface area contributed by atoms with Crippen molar-refractivity contribution >= 4 is 45.2 Å². The molecule has 0 bridgehead atoms. The zero-order chi connectivity index (χ0) is 20.4. The van der Waals surface area contributed by atoms with Crippen molar-refractivity contribution in [1.29, 1.82) is 0 Å². The minimum atomic E-state index is -1.39. The summed E-state index contributed by atoms with van der Waals surface area (Å²) in [5.74, 6) is 0. The summed E-state index contributed by atoms with van der Waals surface area (Å²) in [7, 11) is 1.90. The van der Waals surface area contributed by atoms with Gasteiger partial charge < -0.3 is 15.2 Å². The number of nitrogens with one attached hydrogen (secondary N) is 2. The van der Waals surface area contributed by atoms with Crippen LogP contribution in [0.25, 0.3) is 10.9 Å². The molecule has 148 valence electrons. The summed E-state index contributed by atoms with van der Waals surface area (Å²) >= 11 is 4.68. The van der Waals surface area contributed by atoms with Gasteiger partial charge in [-0.25, -0.2) is 0 Å². The van der Waals surface area contributed by atoms with Crippen LogP contribution in [0.15, 0.2) is 72.0 Å². The zero-order valence-corrected chi connectivity index (χ0v) is 17.7. The summed E-state index contributed by atoms with van der Waals surface area (Å²) in [6, 6.07) is 15.5. The number of aryl methyl sites for hydroxylation is 1. The van der Waals surface area contributed by atoms with E-state index in [9.17, 15) is 4.55 Å². The number of halogens is 1. The molecule has 4 aromatic rings. The molecule has 0 aliphatic rings. The summed E-state index contributed by atoms with van der Waals surface area (Å²) < 4.78 is 15.0. The predicted molar refractivity (Wildman–Crippen MR) is 120 cm³/mol. The lowest BCUT2D eigenvalue weighted by molar-refractivity contribution is 0.587. The van der Waals surface area contributed by atoms with E-state index in [4.69, 9.17) is 11.6 Å². The van der Waals surface area contributed by atoms with Gasteiger partial charge in [-0.3, -0.25) is 4.98 Å². The van der Waals surface area contributed by atoms with Gasteiger partial charge in [0, 0.05) is 34.5 Å². The van der Waals surface area contributed by atoms with Gasteiger partial charge in [-0.15, -0.1) is 0 Å². The molecular formula is C22H21ClN4OS. The Morgan fingerprint density at radius 3 is 2.76 bits per heavy atom.